The molecule has 0 unspecified atom stereocenters. The first kappa shape index (κ1) is 17.3. The second kappa shape index (κ2) is 7.63. The van der Waals surface area contributed by atoms with Gasteiger partial charge in [-0.1, -0.05) is 17.3 Å². The molecule has 0 radical (unpaired) electrons. The molecule has 1 aliphatic heterocycles. The summed E-state index contributed by atoms with van der Waals surface area (Å²) >= 11 is 0. The van der Waals surface area contributed by atoms with E-state index in [-0.39, 0.29) is 11.7 Å². The van der Waals surface area contributed by atoms with Crippen molar-refractivity contribution < 1.29 is 14.1 Å². The summed E-state index contributed by atoms with van der Waals surface area (Å²) in [5.74, 6) is 1.53. The number of amides is 1. The highest BCUT2D eigenvalue weighted by atomic mass is 16.5. The van der Waals surface area contributed by atoms with Gasteiger partial charge in [0.2, 0.25) is 5.76 Å². The molecule has 0 saturated carbocycles. The standard InChI is InChI=1S/C19H21N5O3/c1-14-20-6-7-24(14)16-4-2-15(3-5-16)13-21-19(25)17-12-18(22-27-17)23-8-10-26-11-9-23/h2-7,12H,8-11,13H2,1H3,(H,21,25). The van der Waals surface area contributed by atoms with Gasteiger partial charge >= 0.3 is 0 Å². The molecular formula is C19H21N5O3. The average molecular weight is 367 g/mol. The molecule has 0 atom stereocenters. The second-order valence-electron chi connectivity index (χ2n) is 6.34. The van der Waals surface area contributed by atoms with Crippen molar-refractivity contribution in [2.24, 2.45) is 0 Å². The molecule has 140 valence electrons. The molecule has 2 aromatic heterocycles. The van der Waals surface area contributed by atoms with E-state index in [1.807, 2.05) is 46.9 Å². The van der Waals surface area contributed by atoms with Gasteiger partial charge < -0.3 is 24.0 Å². The van der Waals surface area contributed by atoms with Crippen molar-refractivity contribution >= 4 is 11.7 Å². The topological polar surface area (TPSA) is 85.4 Å². The van der Waals surface area contributed by atoms with Crippen LogP contribution in [0.1, 0.15) is 21.9 Å². The number of anilines is 1. The van der Waals surface area contributed by atoms with Crippen LogP contribution in [-0.4, -0.2) is 46.9 Å². The fourth-order valence-electron chi connectivity index (χ4n) is 3.01. The lowest BCUT2D eigenvalue weighted by Crippen LogP contribution is -2.36. The highest BCUT2D eigenvalue weighted by molar-refractivity contribution is 5.92. The smallest absolute Gasteiger partial charge is 0.290 e. The molecule has 8 heteroatoms. The number of rotatable bonds is 5. The Bertz CT molecular complexity index is 910. The van der Waals surface area contributed by atoms with E-state index < -0.39 is 0 Å². The number of nitrogens with one attached hydrogen (secondary N) is 1. The van der Waals surface area contributed by atoms with E-state index >= 15 is 0 Å². The van der Waals surface area contributed by atoms with Gasteiger partial charge in [0.1, 0.15) is 5.82 Å². The number of aromatic nitrogens is 3. The Morgan fingerprint density at radius 1 is 1.22 bits per heavy atom. The number of benzene rings is 1. The summed E-state index contributed by atoms with van der Waals surface area (Å²) < 4.78 is 12.5. The van der Waals surface area contributed by atoms with Crippen molar-refractivity contribution in [3.63, 3.8) is 0 Å². The van der Waals surface area contributed by atoms with Crippen LogP contribution < -0.4 is 10.2 Å². The number of carbonyl (C=O) groups excluding carboxylic acids is 1. The van der Waals surface area contributed by atoms with Crippen molar-refractivity contribution in [3.8, 4) is 5.69 Å². The Kier molecular flexibility index (Phi) is 4.88. The highest BCUT2D eigenvalue weighted by Crippen LogP contribution is 2.16. The first-order valence-corrected chi connectivity index (χ1v) is 8.87. The molecule has 1 saturated heterocycles. The molecule has 1 N–H and O–H groups in total. The van der Waals surface area contributed by atoms with Gasteiger partial charge in [0.05, 0.1) is 13.2 Å². The third-order valence-electron chi connectivity index (χ3n) is 4.55. The maximum atomic E-state index is 12.3. The normalized spacial score (nSPS) is 14.3. The number of morpholine rings is 1. The summed E-state index contributed by atoms with van der Waals surface area (Å²) in [4.78, 5) is 18.6. The van der Waals surface area contributed by atoms with E-state index in [1.165, 1.54) is 0 Å². The third kappa shape index (κ3) is 3.85. The van der Waals surface area contributed by atoms with Crippen molar-refractivity contribution in [3.05, 3.63) is 59.9 Å². The minimum Gasteiger partial charge on any atom is -0.378 e. The van der Waals surface area contributed by atoms with Gasteiger partial charge in [0.15, 0.2) is 5.82 Å². The Hall–Kier alpha value is -3.13. The van der Waals surface area contributed by atoms with Crippen LogP contribution in [0.25, 0.3) is 5.69 Å². The van der Waals surface area contributed by atoms with Gasteiger partial charge in [0.25, 0.3) is 5.91 Å². The van der Waals surface area contributed by atoms with Crippen molar-refractivity contribution in [2.75, 3.05) is 31.2 Å². The minimum absolute atomic E-state index is 0.210. The number of hydrogen-bond acceptors (Lipinski definition) is 6. The molecule has 0 aliphatic carbocycles. The summed E-state index contributed by atoms with van der Waals surface area (Å²) in [6, 6.07) is 9.64. The monoisotopic (exact) mass is 367 g/mol. The Morgan fingerprint density at radius 2 is 2.00 bits per heavy atom. The number of carbonyl (C=O) groups is 1. The van der Waals surface area contributed by atoms with Gasteiger partial charge in [-0.05, 0) is 24.6 Å². The third-order valence-corrected chi connectivity index (χ3v) is 4.55. The van der Waals surface area contributed by atoms with E-state index in [4.69, 9.17) is 9.26 Å². The van der Waals surface area contributed by atoms with Gasteiger partial charge in [0, 0.05) is 43.8 Å². The molecule has 3 aromatic rings. The maximum absolute atomic E-state index is 12.3. The molecule has 0 spiro atoms. The maximum Gasteiger partial charge on any atom is 0.290 e. The summed E-state index contributed by atoms with van der Waals surface area (Å²) in [6.45, 7) is 5.17. The zero-order chi connectivity index (χ0) is 18.6. The summed E-state index contributed by atoms with van der Waals surface area (Å²) in [7, 11) is 0. The molecule has 0 bridgehead atoms. The molecule has 4 rings (SSSR count). The number of imidazole rings is 1. The first-order valence-electron chi connectivity index (χ1n) is 8.87. The zero-order valence-electron chi connectivity index (χ0n) is 15.1. The largest absolute Gasteiger partial charge is 0.378 e. The van der Waals surface area contributed by atoms with Crippen LogP contribution in [0.2, 0.25) is 0 Å². The highest BCUT2D eigenvalue weighted by Gasteiger charge is 2.18. The van der Waals surface area contributed by atoms with Crippen LogP contribution >= 0.6 is 0 Å². The summed E-state index contributed by atoms with van der Waals surface area (Å²) in [5, 5.41) is 6.85. The Balaban J connectivity index is 1.35. The molecule has 1 aromatic carbocycles. The fourth-order valence-corrected chi connectivity index (χ4v) is 3.01. The van der Waals surface area contributed by atoms with E-state index in [1.54, 1.807) is 12.3 Å². The van der Waals surface area contributed by atoms with Crippen LogP contribution in [0.5, 0.6) is 0 Å². The molecule has 1 fully saturated rings. The second-order valence-corrected chi connectivity index (χ2v) is 6.34. The predicted molar refractivity (Wildman–Crippen MR) is 99.0 cm³/mol. The van der Waals surface area contributed by atoms with Crippen LogP contribution in [-0.2, 0) is 11.3 Å². The number of nitrogens with zero attached hydrogens (tertiary/aromatic N) is 4. The van der Waals surface area contributed by atoms with Crippen LogP contribution in [0.15, 0.2) is 47.2 Å². The van der Waals surface area contributed by atoms with Gasteiger partial charge in [-0.25, -0.2) is 4.98 Å². The zero-order valence-corrected chi connectivity index (χ0v) is 15.1. The summed E-state index contributed by atoms with van der Waals surface area (Å²) in [5.41, 5.74) is 2.03. The lowest BCUT2D eigenvalue weighted by Gasteiger charge is -2.25. The van der Waals surface area contributed by atoms with Crippen LogP contribution in [0.4, 0.5) is 5.82 Å². The van der Waals surface area contributed by atoms with Gasteiger partial charge in [-0.3, -0.25) is 4.79 Å². The van der Waals surface area contributed by atoms with Crippen molar-refractivity contribution in [2.45, 2.75) is 13.5 Å². The fraction of sp³-hybridized carbons (Fsp3) is 0.316. The van der Waals surface area contributed by atoms with Gasteiger partial charge in [-0.15, -0.1) is 0 Å². The number of ether oxygens (including phenoxy) is 1. The molecule has 1 aliphatic rings. The Labute approximate surface area is 156 Å². The van der Waals surface area contributed by atoms with E-state index in [9.17, 15) is 4.79 Å². The average Bonchev–Trinajstić information content (AvgIpc) is 3.37. The lowest BCUT2D eigenvalue weighted by atomic mass is 10.2. The number of hydrogen-bond donors (Lipinski definition) is 1. The van der Waals surface area contributed by atoms with Crippen LogP contribution in [0.3, 0.4) is 0 Å². The number of aryl methyl sites for hydroxylation is 1. The quantitative estimate of drug-likeness (QED) is 0.742. The van der Waals surface area contributed by atoms with Gasteiger partial charge in [-0.2, -0.15) is 0 Å². The molecule has 1 amide bonds. The molecule has 3 heterocycles. The van der Waals surface area contributed by atoms with Crippen molar-refractivity contribution in [1.82, 2.24) is 20.0 Å². The summed E-state index contributed by atoms with van der Waals surface area (Å²) in [6.07, 6.45) is 3.69. The first-order chi connectivity index (χ1) is 13.2. The lowest BCUT2D eigenvalue weighted by molar-refractivity contribution is 0.0913. The predicted octanol–water partition coefficient (Wildman–Crippen LogP) is 1.94. The SMILES string of the molecule is Cc1nccn1-c1ccc(CNC(=O)c2cc(N3CCOCC3)no2)cc1. The molecule has 8 nitrogen and oxygen atoms in total. The van der Waals surface area contributed by atoms with E-state index in [2.05, 4.69) is 15.5 Å². The van der Waals surface area contributed by atoms with Crippen molar-refractivity contribution in [1.29, 1.82) is 0 Å². The Morgan fingerprint density at radius 3 is 2.70 bits per heavy atom. The van der Waals surface area contributed by atoms with Crippen LogP contribution in [0, 0.1) is 6.92 Å². The van der Waals surface area contributed by atoms with E-state index in [0.717, 1.165) is 30.2 Å². The molecular weight excluding hydrogens is 346 g/mol. The van der Waals surface area contributed by atoms with E-state index in [0.29, 0.717) is 25.6 Å². The minimum atomic E-state index is -0.281. The molecule has 27 heavy (non-hydrogen) atoms.